The van der Waals surface area contributed by atoms with Gasteiger partial charge in [-0.25, -0.2) is 0 Å². The van der Waals surface area contributed by atoms with E-state index in [4.69, 9.17) is 0 Å². The number of benzene rings is 1. The maximum Gasteiger partial charge on any atom is 0.117 e. The maximum absolute atomic E-state index is 9.25. The zero-order chi connectivity index (χ0) is 9.10. The fraction of sp³-hybridized carbons (Fsp3) is 0.455. The molecule has 0 atom stereocenters. The average molecular weight is 177 g/mol. The van der Waals surface area contributed by atoms with Crippen molar-refractivity contribution in [3.8, 4) is 5.75 Å². The van der Waals surface area contributed by atoms with Crippen molar-refractivity contribution in [3.05, 3.63) is 24.3 Å². The van der Waals surface area contributed by atoms with Crippen LogP contribution in [0.15, 0.2) is 24.3 Å². The number of anilines is 1. The van der Waals surface area contributed by atoms with E-state index in [0.29, 0.717) is 11.8 Å². The zero-order valence-electron chi connectivity index (χ0n) is 7.66. The molecule has 0 aromatic heterocycles. The number of hydrogen-bond acceptors (Lipinski definition) is 2. The summed E-state index contributed by atoms with van der Waals surface area (Å²) in [6.07, 6.45) is 5.18. The lowest BCUT2D eigenvalue weighted by atomic mass is 10.2. The monoisotopic (exact) mass is 177 g/mol. The second kappa shape index (κ2) is 3.69. The molecule has 13 heavy (non-hydrogen) atoms. The third-order valence-corrected chi connectivity index (χ3v) is 2.57. The van der Waals surface area contributed by atoms with Crippen molar-refractivity contribution < 1.29 is 5.11 Å². The molecular weight excluding hydrogens is 162 g/mol. The quantitative estimate of drug-likeness (QED) is 0.728. The molecule has 1 fully saturated rings. The van der Waals surface area contributed by atoms with E-state index in [-0.39, 0.29) is 0 Å². The maximum atomic E-state index is 9.25. The summed E-state index contributed by atoms with van der Waals surface area (Å²) in [7, 11) is 0. The predicted octanol–water partition coefficient (Wildman–Crippen LogP) is 2.75. The topological polar surface area (TPSA) is 32.3 Å². The summed E-state index contributed by atoms with van der Waals surface area (Å²) in [4.78, 5) is 0. The van der Waals surface area contributed by atoms with Crippen LogP contribution in [0.3, 0.4) is 0 Å². The SMILES string of the molecule is Oc1cccc(NC2CCCC2)c1. The van der Waals surface area contributed by atoms with Gasteiger partial charge in [-0.05, 0) is 25.0 Å². The van der Waals surface area contributed by atoms with Crippen LogP contribution in [-0.4, -0.2) is 11.1 Å². The van der Waals surface area contributed by atoms with Crippen LogP contribution in [0.25, 0.3) is 0 Å². The minimum Gasteiger partial charge on any atom is -0.508 e. The first-order chi connectivity index (χ1) is 6.34. The Bertz CT molecular complexity index is 279. The Morgan fingerprint density at radius 3 is 2.69 bits per heavy atom. The van der Waals surface area contributed by atoms with Crippen molar-refractivity contribution in [1.29, 1.82) is 0 Å². The first-order valence-electron chi connectivity index (χ1n) is 4.90. The van der Waals surface area contributed by atoms with E-state index in [2.05, 4.69) is 5.32 Å². The molecule has 0 heterocycles. The van der Waals surface area contributed by atoms with Crippen LogP contribution in [0.1, 0.15) is 25.7 Å². The Labute approximate surface area is 78.6 Å². The zero-order valence-corrected chi connectivity index (χ0v) is 7.66. The highest BCUT2D eigenvalue weighted by Gasteiger charge is 2.14. The molecule has 2 heteroatoms. The summed E-state index contributed by atoms with van der Waals surface area (Å²) in [5, 5.41) is 12.7. The van der Waals surface area contributed by atoms with Gasteiger partial charge in [0.05, 0.1) is 0 Å². The number of hydrogen-bond donors (Lipinski definition) is 2. The van der Waals surface area contributed by atoms with E-state index in [1.165, 1.54) is 25.7 Å². The first-order valence-corrected chi connectivity index (χ1v) is 4.90. The van der Waals surface area contributed by atoms with Crippen LogP contribution < -0.4 is 5.32 Å². The largest absolute Gasteiger partial charge is 0.508 e. The lowest BCUT2D eigenvalue weighted by molar-refractivity contribution is 0.475. The fourth-order valence-electron chi connectivity index (χ4n) is 1.90. The van der Waals surface area contributed by atoms with E-state index < -0.39 is 0 Å². The van der Waals surface area contributed by atoms with Gasteiger partial charge in [0.25, 0.3) is 0 Å². The van der Waals surface area contributed by atoms with Crippen LogP contribution in [0.2, 0.25) is 0 Å². The summed E-state index contributed by atoms with van der Waals surface area (Å²) >= 11 is 0. The van der Waals surface area contributed by atoms with Crippen LogP contribution in [0.5, 0.6) is 5.75 Å². The second-order valence-corrected chi connectivity index (χ2v) is 3.68. The highest BCUT2D eigenvalue weighted by atomic mass is 16.3. The van der Waals surface area contributed by atoms with Crippen LogP contribution in [0.4, 0.5) is 5.69 Å². The fourth-order valence-corrected chi connectivity index (χ4v) is 1.90. The highest BCUT2D eigenvalue weighted by Crippen LogP contribution is 2.23. The minimum atomic E-state index is 0.336. The van der Waals surface area contributed by atoms with Crippen molar-refractivity contribution in [2.75, 3.05) is 5.32 Å². The molecular formula is C11H15NO. The van der Waals surface area contributed by atoms with Crippen molar-refractivity contribution in [2.24, 2.45) is 0 Å². The molecule has 2 rings (SSSR count). The molecule has 0 radical (unpaired) electrons. The van der Waals surface area contributed by atoms with Crippen molar-refractivity contribution in [1.82, 2.24) is 0 Å². The molecule has 1 aromatic carbocycles. The molecule has 1 saturated carbocycles. The highest BCUT2D eigenvalue weighted by molar-refractivity contribution is 5.48. The summed E-state index contributed by atoms with van der Waals surface area (Å²) in [5.41, 5.74) is 1.03. The Morgan fingerprint density at radius 1 is 1.23 bits per heavy atom. The van der Waals surface area contributed by atoms with E-state index in [9.17, 15) is 5.11 Å². The molecule has 0 bridgehead atoms. The lowest BCUT2D eigenvalue weighted by Gasteiger charge is -2.13. The van der Waals surface area contributed by atoms with Crippen molar-refractivity contribution >= 4 is 5.69 Å². The Balaban J connectivity index is 2.00. The molecule has 0 saturated heterocycles. The molecule has 0 spiro atoms. The molecule has 1 aliphatic carbocycles. The van der Waals surface area contributed by atoms with Crippen LogP contribution in [0, 0.1) is 0 Å². The molecule has 1 aromatic rings. The smallest absolute Gasteiger partial charge is 0.117 e. The van der Waals surface area contributed by atoms with Crippen LogP contribution >= 0.6 is 0 Å². The summed E-state index contributed by atoms with van der Waals surface area (Å²) in [5.74, 6) is 0.336. The van der Waals surface area contributed by atoms with Gasteiger partial charge >= 0.3 is 0 Å². The van der Waals surface area contributed by atoms with Gasteiger partial charge < -0.3 is 10.4 Å². The second-order valence-electron chi connectivity index (χ2n) is 3.68. The van der Waals surface area contributed by atoms with Gasteiger partial charge in [0.2, 0.25) is 0 Å². The predicted molar refractivity (Wildman–Crippen MR) is 54.0 cm³/mol. The molecule has 1 aliphatic rings. The first kappa shape index (κ1) is 8.42. The Hall–Kier alpha value is -1.18. The third kappa shape index (κ3) is 2.14. The van der Waals surface area contributed by atoms with Gasteiger partial charge in [0.15, 0.2) is 0 Å². The Kier molecular flexibility index (Phi) is 2.39. The van der Waals surface area contributed by atoms with Crippen molar-refractivity contribution in [3.63, 3.8) is 0 Å². The molecule has 70 valence electrons. The third-order valence-electron chi connectivity index (χ3n) is 2.57. The number of phenols is 1. The molecule has 2 N–H and O–H groups in total. The number of aromatic hydroxyl groups is 1. The Morgan fingerprint density at radius 2 is 2.00 bits per heavy atom. The van der Waals surface area contributed by atoms with E-state index in [0.717, 1.165) is 5.69 Å². The molecule has 0 aliphatic heterocycles. The van der Waals surface area contributed by atoms with Gasteiger partial charge in [-0.2, -0.15) is 0 Å². The van der Waals surface area contributed by atoms with Crippen molar-refractivity contribution in [2.45, 2.75) is 31.7 Å². The van der Waals surface area contributed by atoms with E-state index >= 15 is 0 Å². The summed E-state index contributed by atoms with van der Waals surface area (Å²) < 4.78 is 0. The standard InChI is InChI=1S/C11H15NO/c13-11-7-3-6-10(8-11)12-9-4-1-2-5-9/h3,6-9,12-13H,1-2,4-5H2. The molecule has 2 nitrogen and oxygen atoms in total. The van der Waals surface area contributed by atoms with Gasteiger partial charge in [0.1, 0.15) is 5.75 Å². The average Bonchev–Trinajstić information content (AvgIpc) is 2.57. The number of phenolic OH excluding ortho intramolecular Hbond substituents is 1. The van der Waals surface area contributed by atoms with Gasteiger partial charge in [-0.15, -0.1) is 0 Å². The van der Waals surface area contributed by atoms with Gasteiger partial charge in [-0.3, -0.25) is 0 Å². The van der Waals surface area contributed by atoms with E-state index in [1.807, 2.05) is 12.1 Å². The number of rotatable bonds is 2. The summed E-state index contributed by atoms with van der Waals surface area (Å²) in [6.45, 7) is 0. The normalized spacial score (nSPS) is 17.5. The minimum absolute atomic E-state index is 0.336. The molecule has 0 unspecified atom stereocenters. The number of nitrogens with one attached hydrogen (secondary N) is 1. The van der Waals surface area contributed by atoms with Gasteiger partial charge in [-0.1, -0.05) is 18.9 Å². The lowest BCUT2D eigenvalue weighted by Crippen LogP contribution is -2.14. The van der Waals surface area contributed by atoms with E-state index in [1.54, 1.807) is 12.1 Å². The summed E-state index contributed by atoms with van der Waals surface area (Å²) in [6, 6.07) is 7.95. The van der Waals surface area contributed by atoms with Gasteiger partial charge in [0, 0.05) is 17.8 Å². The van der Waals surface area contributed by atoms with Crippen LogP contribution in [-0.2, 0) is 0 Å². The molecule has 0 amide bonds.